The van der Waals surface area contributed by atoms with Crippen LogP contribution < -0.4 is 15.4 Å². The van der Waals surface area contributed by atoms with Gasteiger partial charge in [-0.15, -0.1) is 0 Å². The van der Waals surface area contributed by atoms with Crippen molar-refractivity contribution in [3.05, 3.63) is 59.7 Å². The molecule has 0 saturated carbocycles. The first-order valence-electron chi connectivity index (χ1n) is 9.55. The number of methoxy groups -OCH3 is 1. The molecule has 1 aliphatic heterocycles. The molecule has 1 fully saturated rings. The van der Waals surface area contributed by atoms with E-state index in [4.69, 9.17) is 4.74 Å². The highest BCUT2D eigenvalue weighted by Gasteiger charge is 2.49. The van der Waals surface area contributed by atoms with Crippen LogP contribution >= 0.6 is 0 Å². The van der Waals surface area contributed by atoms with E-state index < -0.39 is 23.4 Å². The van der Waals surface area contributed by atoms with Crippen LogP contribution in [0.2, 0.25) is 0 Å². The molecule has 0 radical (unpaired) electrons. The number of nitrogens with one attached hydrogen (secondary N) is 2. The van der Waals surface area contributed by atoms with Crippen molar-refractivity contribution in [2.45, 2.75) is 32.2 Å². The van der Waals surface area contributed by atoms with E-state index in [1.807, 2.05) is 24.3 Å². The predicted octanol–water partition coefficient (Wildman–Crippen LogP) is 3.05. The van der Waals surface area contributed by atoms with Crippen LogP contribution in [0.4, 0.5) is 10.5 Å². The standard InChI is InChI=1S/C22H25N3O4/c1-4-7-15-10-12-16(13-11-15)22(2)20(27)25(21(28)24-22)14-19(26)23-17-8-5-6-9-18(17)29-3/h5-6,8-13H,4,7,14H2,1-3H3,(H,23,26)(H,24,28)/t22-/m1/s1. The lowest BCUT2D eigenvalue weighted by Gasteiger charge is -2.22. The second kappa shape index (κ2) is 8.34. The minimum absolute atomic E-state index is 0.383. The van der Waals surface area contributed by atoms with Crippen LogP contribution in [0.15, 0.2) is 48.5 Å². The van der Waals surface area contributed by atoms with E-state index in [0.717, 1.165) is 17.7 Å². The largest absolute Gasteiger partial charge is 0.495 e. The van der Waals surface area contributed by atoms with Crippen molar-refractivity contribution in [1.82, 2.24) is 10.2 Å². The van der Waals surface area contributed by atoms with Gasteiger partial charge in [0.05, 0.1) is 12.8 Å². The van der Waals surface area contributed by atoms with Crippen molar-refractivity contribution >= 4 is 23.5 Å². The SMILES string of the molecule is CCCc1ccc([C@@]2(C)NC(=O)N(CC(=O)Nc3ccccc3OC)C2=O)cc1. The van der Waals surface area contributed by atoms with Crippen LogP contribution in [-0.4, -0.2) is 36.4 Å². The number of carbonyl (C=O) groups excluding carboxylic acids is 3. The van der Waals surface area contributed by atoms with Gasteiger partial charge in [0.25, 0.3) is 5.91 Å². The van der Waals surface area contributed by atoms with Crippen LogP contribution in [0.1, 0.15) is 31.4 Å². The van der Waals surface area contributed by atoms with Crippen molar-refractivity contribution in [2.75, 3.05) is 19.0 Å². The number of urea groups is 1. The second-order valence-corrected chi connectivity index (χ2v) is 7.14. The van der Waals surface area contributed by atoms with Crippen LogP contribution in [-0.2, 0) is 21.5 Å². The molecular formula is C22H25N3O4. The fourth-order valence-electron chi connectivity index (χ4n) is 3.41. The molecule has 1 aliphatic rings. The monoisotopic (exact) mass is 395 g/mol. The number of hydrogen-bond acceptors (Lipinski definition) is 4. The van der Waals surface area contributed by atoms with Gasteiger partial charge in [-0.1, -0.05) is 49.7 Å². The molecule has 29 heavy (non-hydrogen) atoms. The van der Waals surface area contributed by atoms with Gasteiger partial charge < -0.3 is 15.4 Å². The van der Waals surface area contributed by atoms with Crippen LogP contribution in [0, 0.1) is 0 Å². The fourth-order valence-corrected chi connectivity index (χ4v) is 3.41. The molecule has 4 amide bonds. The maximum atomic E-state index is 13.0. The number of amides is 4. The number of hydrogen-bond donors (Lipinski definition) is 2. The minimum atomic E-state index is -1.20. The zero-order chi connectivity index (χ0) is 21.0. The first kappa shape index (κ1) is 20.4. The molecule has 7 heteroatoms. The van der Waals surface area contributed by atoms with E-state index in [-0.39, 0.29) is 6.54 Å². The average molecular weight is 395 g/mol. The van der Waals surface area contributed by atoms with Gasteiger partial charge in [-0.2, -0.15) is 0 Å². The maximum absolute atomic E-state index is 13.0. The summed E-state index contributed by atoms with van der Waals surface area (Å²) in [6.07, 6.45) is 1.98. The Morgan fingerprint density at radius 3 is 2.48 bits per heavy atom. The van der Waals surface area contributed by atoms with E-state index in [0.29, 0.717) is 17.0 Å². The van der Waals surface area contributed by atoms with Crippen molar-refractivity contribution in [3.8, 4) is 5.75 Å². The average Bonchev–Trinajstić information content (AvgIpc) is 2.93. The minimum Gasteiger partial charge on any atom is -0.495 e. The van der Waals surface area contributed by atoms with Gasteiger partial charge in [-0.3, -0.25) is 14.5 Å². The zero-order valence-electron chi connectivity index (χ0n) is 16.8. The molecule has 7 nitrogen and oxygen atoms in total. The summed E-state index contributed by atoms with van der Waals surface area (Å²) in [5, 5.41) is 5.40. The molecule has 2 N–H and O–H groups in total. The summed E-state index contributed by atoms with van der Waals surface area (Å²) in [6.45, 7) is 3.37. The number of imide groups is 1. The van der Waals surface area contributed by atoms with Gasteiger partial charge in [0.2, 0.25) is 5.91 Å². The number of ether oxygens (including phenoxy) is 1. The smallest absolute Gasteiger partial charge is 0.325 e. The van der Waals surface area contributed by atoms with Crippen molar-refractivity contribution in [2.24, 2.45) is 0 Å². The molecular weight excluding hydrogens is 370 g/mol. The molecule has 1 heterocycles. The highest BCUT2D eigenvalue weighted by atomic mass is 16.5. The number of carbonyl (C=O) groups is 3. The molecule has 152 valence electrons. The highest BCUT2D eigenvalue weighted by molar-refractivity contribution is 6.10. The normalized spacial score (nSPS) is 18.5. The third-order valence-electron chi connectivity index (χ3n) is 5.03. The molecule has 2 aromatic carbocycles. The fraction of sp³-hybridized carbons (Fsp3) is 0.318. The molecule has 1 atom stereocenters. The summed E-state index contributed by atoms with van der Waals surface area (Å²) < 4.78 is 5.20. The Labute approximate surface area is 170 Å². The number of para-hydroxylation sites is 2. The van der Waals surface area contributed by atoms with Crippen LogP contribution in [0.3, 0.4) is 0 Å². The van der Waals surface area contributed by atoms with E-state index in [1.165, 1.54) is 12.7 Å². The lowest BCUT2D eigenvalue weighted by atomic mass is 9.91. The molecule has 0 unspecified atom stereocenters. The van der Waals surface area contributed by atoms with Crippen LogP contribution in [0.5, 0.6) is 5.75 Å². The quantitative estimate of drug-likeness (QED) is 0.706. The van der Waals surface area contributed by atoms with Gasteiger partial charge in [-0.25, -0.2) is 4.79 Å². The van der Waals surface area contributed by atoms with Crippen molar-refractivity contribution in [1.29, 1.82) is 0 Å². The summed E-state index contributed by atoms with van der Waals surface area (Å²) in [7, 11) is 1.50. The predicted molar refractivity (Wildman–Crippen MR) is 110 cm³/mol. The lowest BCUT2D eigenvalue weighted by Crippen LogP contribution is -2.42. The third-order valence-corrected chi connectivity index (χ3v) is 5.03. The zero-order valence-corrected chi connectivity index (χ0v) is 16.8. The first-order valence-corrected chi connectivity index (χ1v) is 9.55. The van der Waals surface area contributed by atoms with E-state index in [2.05, 4.69) is 17.6 Å². The molecule has 3 rings (SSSR count). The number of anilines is 1. The molecule has 0 spiro atoms. The Balaban J connectivity index is 1.73. The molecule has 0 aromatic heterocycles. The van der Waals surface area contributed by atoms with Gasteiger partial charge in [-0.05, 0) is 36.6 Å². The number of nitrogens with zero attached hydrogens (tertiary/aromatic N) is 1. The van der Waals surface area contributed by atoms with E-state index in [1.54, 1.807) is 31.2 Å². The maximum Gasteiger partial charge on any atom is 0.325 e. The Hall–Kier alpha value is -3.35. The summed E-state index contributed by atoms with van der Waals surface area (Å²) in [5.74, 6) is -0.448. The Bertz CT molecular complexity index is 926. The van der Waals surface area contributed by atoms with Crippen molar-refractivity contribution in [3.63, 3.8) is 0 Å². The number of rotatable bonds is 7. The topological polar surface area (TPSA) is 87.7 Å². The molecule has 2 aromatic rings. The van der Waals surface area contributed by atoms with Gasteiger partial charge in [0.15, 0.2) is 0 Å². The first-order chi connectivity index (χ1) is 13.9. The second-order valence-electron chi connectivity index (χ2n) is 7.14. The van der Waals surface area contributed by atoms with E-state index in [9.17, 15) is 14.4 Å². The van der Waals surface area contributed by atoms with Gasteiger partial charge in [0, 0.05) is 0 Å². The Morgan fingerprint density at radius 1 is 1.14 bits per heavy atom. The summed E-state index contributed by atoms with van der Waals surface area (Å²) >= 11 is 0. The molecule has 0 bridgehead atoms. The van der Waals surface area contributed by atoms with E-state index >= 15 is 0 Å². The Kier molecular flexibility index (Phi) is 5.87. The third kappa shape index (κ3) is 4.08. The molecule has 1 saturated heterocycles. The van der Waals surface area contributed by atoms with Gasteiger partial charge >= 0.3 is 6.03 Å². The number of benzene rings is 2. The molecule has 0 aliphatic carbocycles. The summed E-state index contributed by atoms with van der Waals surface area (Å²) in [5.41, 5.74) is 1.13. The Morgan fingerprint density at radius 2 is 1.83 bits per heavy atom. The number of aryl methyl sites for hydroxylation is 1. The highest BCUT2D eigenvalue weighted by Crippen LogP contribution is 2.29. The lowest BCUT2D eigenvalue weighted by molar-refractivity contribution is -0.133. The summed E-state index contributed by atoms with van der Waals surface area (Å²) in [6, 6.07) is 14.0. The van der Waals surface area contributed by atoms with Crippen molar-refractivity contribution < 1.29 is 19.1 Å². The van der Waals surface area contributed by atoms with Crippen LogP contribution in [0.25, 0.3) is 0 Å². The summed E-state index contributed by atoms with van der Waals surface area (Å²) in [4.78, 5) is 38.8. The van der Waals surface area contributed by atoms with Gasteiger partial charge in [0.1, 0.15) is 17.8 Å².